The molecule has 0 saturated carbocycles. The lowest BCUT2D eigenvalue weighted by atomic mass is 10.0. The van der Waals surface area contributed by atoms with Gasteiger partial charge in [0, 0.05) is 43.6 Å². The molecule has 4 heterocycles. The van der Waals surface area contributed by atoms with Crippen LogP contribution < -0.4 is 15.5 Å². The summed E-state index contributed by atoms with van der Waals surface area (Å²) in [6.07, 6.45) is 5.17. The van der Waals surface area contributed by atoms with Crippen LogP contribution in [0, 0.1) is 0 Å². The van der Waals surface area contributed by atoms with Gasteiger partial charge in [0.2, 0.25) is 5.95 Å². The number of pyridine rings is 1. The van der Waals surface area contributed by atoms with E-state index in [1.54, 1.807) is 4.52 Å². The van der Waals surface area contributed by atoms with Gasteiger partial charge in [-0.15, -0.1) is 5.10 Å². The number of aliphatic hydroxyl groups excluding tert-OH is 1. The highest BCUT2D eigenvalue weighted by atomic mass is 16.3. The molecular formula is C24H31N7O2. The largest absolute Gasteiger partial charge is 0.393 e. The first-order valence-corrected chi connectivity index (χ1v) is 11.7. The highest BCUT2D eigenvalue weighted by Crippen LogP contribution is 2.26. The Kier molecular flexibility index (Phi) is 6.15. The van der Waals surface area contributed by atoms with E-state index in [1.165, 1.54) is 0 Å². The zero-order chi connectivity index (χ0) is 22.8. The molecule has 3 N–H and O–H groups in total. The highest BCUT2D eigenvalue weighted by Gasteiger charge is 2.23. The molecule has 2 saturated heterocycles. The number of carbonyl (C=O) groups excluding carboxylic acids is 1. The second-order valence-electron chi connectivity index (χ2n) is 8.91. The van der Waals surface area contributed by atoms with Gasteiger partial charge in [-0.2, -0.15) is 4.98 Å². The SMILES string of the molecule is CN(C(=O)c1ccc(Nc2nc3c(N4CCC(O)CC4)cccn3n2)cc1)C1CCNCC1. The standard InChI is InChI=1S/C24H31N7O2/c1-29(19-8-12-25-13-9-19)23(33)17-4-6-18(7-5-17)26-24-27-22-21(3-2-14-31(22)28-24)30-15-10-20(32)11-16-30/h2-7,14,19-20,25,32H,8-13,15-16H2,1H3,(H,26,28). The van der Waals surface area contributed by atoms with Crippen molar-refractivity contribution >= 4 is 28.9 Å². The van der Waals surface area contributed by atoms with Crippen LogP contribution in [-0.4, -0.2) is 75.9 Å². The van der Waals surface area contributed by atoms with E-state index in [1.807, 2.05) is 54.5 Å². The summed E-state index contributed by atoms with van der Waals surface area (Å²) in [5.41, 5.74) is 3.31. The predicted molar refractivity (Wildman–Crippen MR) is 128 cm³/mol. The van der Waals surface area contributed by atoms with Crippen molar-refractivity contribution < 1.29 is 9.90 Å². The van der Waals surface area contributed by atoms with Crippen molar-refractivity contribution in [3.8, 4) is 0 Å². The van der Waals surface area contributed by atoms with Crippen molar-refractivity contribution in [3.05, 3.63) is 48.2 Å². The summed E-state index contributed by atoms with van der Waals surface area (Å²) in [6, 6.07) is 11.8. The van der Waals surface area contributed by atoms with Crippen LogP contribution in [0.3, 0.4) is 0 Å². The number of nitrogens with one attached hydrogen (secondary N) is 2. The molecular weight excluding hydrogens is 418 g/mol. The van der Waals surface area contributed by atoms with E-state index < -0.39 is 0 Å². The predicted octanol–water partition coefficient (Wildman–Crippen LogP) is 2.26. The van der Waals surface area contributed by atoms with E-state index in [0.29, 0.717) is 11.5 Å². The first kappa shape index (κ1) is 21.7. The molecule has 0 bridgehead atoms. The minimum atomic E-state index is -0.217. The summed E-state index contributed by atoms with van der Waals surface area (Å²) < 4.78 is 1.77. The van der Waals surface area contributed by atoms with Crippen LogP contribution in [0.25, 0.3) is 5.65 Å². The molecule has 1 amide bonds. The molecule has 0 unspecified atom stereocenters. The van der Waals surface area contributed by atoms with Crippen molar-refractivity contribution in [3.63, 3.8) is 0 Å². The van der Waals surface area contributed by atoms with Gasteiger partial charge < -0.3 is 25.5 Å². The van der Waals surface area contributed by atoms with E-state index in [9.17, 15) is 9.90 Å². The van der Waals surface area contributed by atoms with Gasteiger partial charge in [0.15, 0.2) is 5.65 Å². The van der Waals surface area contributed by atoms with Crippen LogP contribution in [0.15, 0.2) is 42.6 Å². The minimum absolute atomic E-state index is 0.0515. The molecule has 174 valence electrons. The Morgan fingerprint density at radius 2 is 1.85 bits per heavy atom. The Labute approximate surface area is 193 Å². The van der Waals surface area contributed by atoms with Gasteiger partial charge >= 0.3 is 0 Å². The highest BCUT2D eigenvalue weighted by molar-refractivity contribution is 5.94. The molecule has 2 aromatic heterocycles. The third-order valence-electron chi connectivity index (χ3n) is 6.71. The summed E-state index contributed by atoms with van der Waals surface area (Å²) in [4.78, 5) is 21.7. The average molecular weight is 450 g/mol. The van der Waals surface area contributed by atoms with Gasteiger partial charge in [0.25, 0.3) is 5.91 Å². The normalized spacial score (nSPS) is 17.9. The van der Waals surface area contributed by atoms with E-state index in [4.69, 9.17) is 4.98 Å². The molecule has 2 aliphatic rings. The van der Waals surface area contributed by atoms with Crippen molar-refractivity contribution in [1.29, 1.82) is 0 Å². The molecule has 9 nitrogen and oxygen atoms in total. The zero-order valence-electron chi connectivity index (χ0n) is 18.9. The number of hydrogen-bond donors (Lipinski definition) is 3. The van der Waals surface area contributed by atoms with Gasteiger partial charge in [-0.3, -0.25) is 4.79 Å². The molecule has 3 aromatic rings. The van der Waals surface area contributed by atoms with Gasteiger partial charge in [-0.25, -0.2) is 4.52 Å². The number of rotatable bonds is 5. The lowest BCUT2D eigenvalue weighted by Crippen LogP contribution is -2.43. The maximum Gasteiger partial charge on any atom is 0.253 e. The Balaban J connectivity index is 1.29. The summed E-state index contributed by atoms with van der Waals surface area (Å²) in [6.45, 7) is 3.52. The third-order valence-corrected chi connectivity index (χ3v) is 6.71. The fraction of sp³-hybridized carbons (Fsp3) is 0.458. The molecule has 0 atom stereocenters. The van der Waals surface area contributed by atoms with Gasteiger partial charge in [0.05, 0.1) is 11.8 Å². The average Bonchev–Trinajstić information content (AvgIpc) is 3.27. The number of amides is 1. The van der Waals surface area contributed by atoms with Crippen LogP contribution in [0.2, 0.25) is 0 Å². The fourth-order valence-corrected chi connectivity index (χ4v) is 4.69. The number of fused-ring (bicyclic) bond motifs is 1. The molecule has 5 rings (SSSR count). The summed E-state index contributed by atoms with van der Waals surface area (Å²) in [5.74, 6) is 0.556. The lowest BCUT2D eigenvalue weighted by molar-refractivity contribution is 0.0703. The summed E-state index contributed by atoms with van der Waals surface area (Å²) in [5, 5.41) is 21.0. The number of carbonyl (C=O) groups is 1. The Bertz CT molecular complexity index is 1100. The fourth-order valence-electron chi connectivity index (χ4n) is 4.69. The summed E-state index contributed by atoms with van der Waals surface area (Å²) in [7, 11) is 1.89. The van der Waals surface area contributed by atoms with Crippen LogP contribution in [0.1, 0.15) is 36.0 Å². The van der Waals surface area contributed by atoms with Crippen LogP contribution in [0.5, 0.6) is 0 Å². The number of hydrogen-bond acceptors (Lipinski definition) is 7. The van der Waals surface area contributed by atoms with Crippen molar-refractivity contribution in [2.45, 2.75) is 37.8 Å². The van der Waals surface area contributed by atoms with E-state index in [-0.39, 0.29) is 18.1 Å². The smallest absolute Gasteiger partial charge is 0.253 e. The van der Waals surface area contributed by atoms with Crippen LogP contribution in [-0.2, 0) is 0 Å². The van der Waals surface area contributed by atoms with Crippen molar-refractivity contribution in [2.24, 2.45) is 0 Å². The number of nitrogens with zero attached hydrogens (tertiary/aromatic N) is 5. The van der Waals surface area contributed by atoms with E-state index in [0.717, 1.165) is 68.9 Å². The first-order chi connectivity index (χ1) is 16.1. The molecule has 1 aromatic carbocycles. The Hall–Kier alpha value is -3.17. The number of benzene rings is 1. The monoisotopic (exact) mass is 449 g/mol. The van der Waals surface area contributed by atoms with E-state index in [2.05, 4.69) is 20.6 Å². The molecule has 0 radical (unpaired) electrons. The lowest BCUT2D eigenvalue weighted by Gasteiger charge is -2.31. The van der Waals surface area contributed by atoms with Gasteiger partial charge in [-0.1, -0.05) is 0 Å². The zero-order valence-corrected chi connectivity index (χ0v) is 18.9. The van der Waals surface area contributed by atoms with Crippen LogP contribution >= 0.6 is 0 Å². The number of aromatic nitrogens is 3. The first-order valence-electron chi connectivity index (χ1n) is 11.7. The molecule has 2 aliphatic heterocycles. The molecule has 9 heteroatoms. The van der Waals surface area contributed by atoms with Gasteiger partial charge in [0.1, 0.15) is 0 Å². The Morgan fingerprint density at radius 3 is 2.58 bits per heavy atom. The molecule has 33 heavy (non-hydrogen) atoms. The van der Waals surface area contributed by atoms with Crippen molar-refractivity contribution in [1.82, 2.24) is 24.8 Å². The second-order valence-corrected chi connectivity index (χ2v) is 8.91. The number of aliphatic hydroxyl groups is 1. The maximum atomic E-state index is 12.9. The molecule has 0 spiro atoms. The molecule has 0 aliphatic carbocycles. The van der Waals surface area contributed by atoms with E-state index >= 15 is 0 Å². The Morgan fingerprint density at radius 1 is 1.12 bits per heavy atom. The summed E-state index contributed by atoms with van der Waals surface area (Å²) >= 11 is 0. The number of anilines is 3. The maximum absolute atomic E-state index is 12.9. The number of piperidine rings is 2. The van der Waals surface area contributed by atoms with Crippen molar-refractivity contribution in [2.75, 3.05) is 43.4 Å². The quantitative estimate of drug-likeness (QED) is 0.550. The molecule has 2 fully saturated rings. The topological polar surface area (TPSA) is 98.0 Å². The van der Waals surface area contributed by atoms with Gasteiger partial charge in [-0.05, 0) is 75.2 Å². The third kappa shape index (κ3) is 4.65. The van der Waals surface area contributed by atoms with Crippen LogP contribution in [0.4, 0.5) is 17.3 Å². The second kappa shape index (κ2) is 9.36. The minimum Gasteiger partial charge on any atom is -0.393 e.